The molecule has 34 heavy (non-hydrogen) atoms. The molecule has 2 heterocycles. The van der Waals surface area contributed by atoms with E-state index in [1.807, 2.05) is 0 Å². The van der Waals surface area contributed by atoms with Gasteiger partial charge in [-0.3, -0.25) is 13.9 Å². The molecule has 0 fully saturated rings. The van der Waals surface area contributed by atoms with Crippen molar-refractivity contribution in [2.45, 2.75) is 84.3 Å². The van der Waals surface area contributed by atoms with E-state index in [9.17, 15) is 14.7 Å². The first kappa shape index (κ1) is 28.3. The van der Waals surface area contributed by atoms with Gasteiger partial charge in [0.25, 0.3) is 5.56 Å². The van der Waals surface area contributed by atoms with Gasteiger partial charge in [0.2, 0.25) is 0 Å². The van der Waals surface area contributed by atoms with Crippen molar-refractivity contribution in [3.8, 4) is 0 Å². The summed E-state index contributed by atoms with van der Waals surface area (Å²) in [5.41, 5.74) is 0.354. The Morgan fingerprint density at radius 1 is 1.00 bits per heavy atom. The Morgan fingerprint density at radius 3 is 2.32 bits per heavy atom. The molecule has 0 spiro atoms. The average molecular weight is 479 g/mol. The van der Waals surface area contributed by atoms with Gasteiger partial charge >= 0.3 is 5.69 Å². The summed E-state index contributed by atoms with van der Waals surface area (Å²) < 4.78 is 4.46. The van der Waals surface area contributed by atoms with Crippen LogP contribution in [0.5, 0.6) is 0 Å². The smallest absolute Gasteiger partial charge is 0.332 e. The van der Waals surface area contributed by atoms with Crippen LogP contribution in [0.15, 0.2) is 15.9 Å². The number of fused-ring (bicyclic) bond motifs is 1. The number of imidazole rings is 1. The molecule has 1 unspecified atom stereocenters. The highest BCUT2D eigenvalue weighted by atomic mass is 16.3. The fraction of sp³-hybridized carbons (Fsp3) is 0.800. The van der Waals surface area contributed by atoms with Gasteiger partial charge in [-0.15, -0.1) is 0 Å². The second-order valence-corrected chi connectivity index (χ2v) is 9.33. The predicted molar refractivity (Wildman–Crippen MR) is 138 cm³/mol. The van der Waals surface area contributed by atoms with Gasteiger partial charge in [-0.25, -0.2) is 9.78 Å². The molecular formula is C25H46N6O3. The van der Waals surface area contributed by atoms with E-state index >= 15 is 0 Å². The normalized spacial score (nSPS) is 12.8. The Bertz CT molecular complexity index is 960. The minimum Gasteiger partial charge on any atom is -0.392 e. The predicted octanol–water partition coefficient (Wildman–Crippen LogP) is 2.24. The first-order valence-electron chi connectivity index (χ1n) is 13.1. The third-order valence-electron chi connectivity index (χ3n) is 6.72. The van der Waals surface area contributed by atoms with Crippen LogP contribution in [0.2, 0.25) is 0 Å². The molecule has 0 bridgehead atoms. The maximum Gasteiger partial charge on any atom is 0.332 e. The first-order valence-corrected chi connectivity index (χ1v) is 13.1. The molecule has 0 aliphatic carbocycles. The van der Waals surface area contributed by atoms with Crippen LogP contribution < -0.4 is 16.6 Å². The molecule has 9 nitrogen and oxygen atoms in total. The summed E-state index contributed by atoms with van der Waals surface area (Å²) in [6.07, 6.45) is 10.7. The average Bonchev–Trinajstić information content (AvgIpc) is 3.22. The fourth-order valence-electron chi connectivity index (χ4n) is 4.47. The van der Waals surface area contributed by atoms with Crippen molar-refractivity contribution in [2.75, 3.05) is 32.7 Å². The van der Waals surface area contributed by atoms with Crippen molar-refractivity contribution in [1.82, 2.24) is 28.9 Å². The lowest BCUT2D eigenvalue weighted by Crippen LogP contribution is -2.39. The van der Waals surface area contributed by atoms with Gasteiger partial charge in [0.15, 0.2) is 11.2 Å². The van der Waals surface area contributed by atoms with Crippen LogP contribution in [0.1, 0.15) is 71.6 Å². The molecule has 2 aromatic rings. The molecule has 2 N–H and O–H groups in total. The summed E-state index contributed by atoms with van der Waals surface area (Å²) >= 11 is 0. The van der Waals surface area contributed by atoms with Crippen molar-refractivity contribution in [3.05, 3.63) is 27.2 Å². The van der Waals surface area contributed by atoms with Crippen molar-refractivity contribution in [3.63, 3.8) is 0 Å². The van der Waals surface area contributed by atoms with E-state index in [2.05, 4.69) is 29.0 Å². The van der Waals surface area contributed by atoms with Crippen LogP contribution >= 0.6 is 0 Å². The van der Waals surface area contributed by atoms with E-state index in [0.717, 1.165) is 84.0 Å². The van der Waals surface area contributed by atoms with E-state index in [0.29, 0.717) is 24.3 Å². The third-order valence-corrected chi connectivity index (χ3v) is 6.72. The summed E-state index contributed by atoms with van der Waals surface area (Å²) in [7, 11) is 3.43. The Hall–Kier alpha value is -1.97. The number of aliphatic hydroxyl groups excluding tert-OH is 1. The second kappa shape index (κ2) is 15.1. The molecule has 0 radical (unpaired) electrons. The number of rotatable bonds is 18. The number of aryl methyl sites for hydroxylation is 2. The minimum absolute atomic E-state index is 0.255. The highest BCUT2D eigenvalue weighted by molar-refractivity contribution is 5.69. The number of nitrogens with zero attached hydrogens (tertiary/aromatic N) is 5. The zero-order valence-electron chi connectivity index (χ0n) is 21.8. The van der Waals surface area contributed by atoms with E-state index in [4.69, 9.17) is 0 Å². The summed E-state index contributed by atoms with van der Waals surface area (Å²) in [6, 6.07) is 0. The zero-order valence-corrected chi connectivity index (χ0v) is 21.8. The van der Waals surface area contributed by atoms with Crippen molar-refractivity contribution in [2.24, 2.45) is 14.1 Å². The highest BCUT2D eigenvalue weighted by Crippen LogP contribution is 2.10. The van der Waals surface area contributed by atoms with Crippen LogP contribution in [-0.4, -0.2) is 67.5 Å². The number of hydrogen-bond donors (Lipinski definition) is 2. The Labute approximate surface area is 203 Å². The zero-order chi connectivity index (χ0) is 24.9. The molecule has 2 aromatic heterocycles. The van der Waals surface area contributed by atoms with Gasteiger partial charge in [-0.1, -0.05) is 52.4 Å². The molecular weight excluding hydrogens is 432 g/mol. The molecule has 1 atom stereocenters. The molecule has 0 aliphatic rings. The topological polar surface area (TPSA) is 97.3 Å². The van der Waals surface area contributed by atoms with Crippen LogP contribution in [0.25, 0.3) is 11.2 Å². The standard InChI is InChI=1S/C25H46N6O3/c1-5-30(6-2)17-14-16-26-19-21(32)15-12-10-8-7-9-11-13-18-31-24(33)22-23(27-20-28(22)3)29(4)25(31)34/h20-21,26,32H,5-19H2,1-4H3. The summed E-state index contributed by atoms with van der Waals surface area (Å²) in [5, 5.41) is 13.5. The Balaban J connectivity index is 1.52. The largest absolute Gasteiger partial charge is 0.392 e. The Morgan fingerprint density at radius 2 is 1.65 bits per heavy atom. The van der Waals surface area contributed by atoms with E-state index in [1.54, 1.807) is 25.0 Å². The lowest BCUT2D eigenvalue weighted by molar-refractivity contribution is 0.157. The first-order chi connectivity index (χ1) is 16.4. The lowest BCUT2D eigenvalue weighted by Gasteiger charge is -2.18. The van der Waals surface area contributed by atoms with Gasteiger partial charge in [0, 0.05) is 27.2 Å². The molecule has 0 aliphatic heterocycles. The van der Waals surface area contributed by atoms with Crippen molar-refractivity contribution < 1.29 is 5.11 Å². The lowest BCUT2D eigenvalue weighted by atomic mass is 10.1. The molecule has 0 aromatic carbocycles. The van der Waals surface area contributed by atoms with Crippen LogP contribution in [0.4, 0.5) is 0 Å². The highest BCUT2D eigenvalue weighted by Gasteiger charge is 2.14. The van der Waals surface area contributed by atoms with E-state index in [-0.39, 0.29) is 17.4 Å². The van der Waals surface area contributed by atoms with Crippen LogP contribution in [0, 0.1) is 0 Å². The number of aliphatic hydroxyl groups is 1. The summed E-state index contributed by atoms with van der Waals surface area (Å²) in [4.78, 5) is 31.8. The number of nitrogens with one attached hydrogen (secondary N) is 1. The summed E-state index contributed by atoms with van der Waals surface area (Å²) in [5.74, 6) is 0. The van der Waals surface area contributed by atoms with Gasteiger partial charge < -0.3 is 19.9 Å². The molecule has 194 valence electrons. The number of aromatic nitrogens is 4. The Kier molecular flexibility index (Phi) is 12.6. The van der Waals surface area contributed by atoms with Gasteiger partial charge in [0.1, 0.15) is 0 Å². The van der Waals surface area contributed by atoms with Gasteiger partial charge in [-0.05, 0) is 45.4 Å². The SMILES string of the molecule is CCN(CC)CCCNCC(O)CCCCCCCCCn1c(=O)c2c(ncn2C)n(C)c1=O. The molecule has 2 rings (SSSR count). The number of hydrogen-bond acceptors (Lipinski definition) is 6. The second-order valence-electron chi connectivity index (χ2n) is 9.33. The van der Waals surface area contributed by atoms with E-state index in [1.165, 1.54) is 9.13 Å². The van der Waals surface area contributed by atoms with E-state index < -0.39 is 0 Å². The van der Waals surface area contributed by atoms with Crippen molar-refractivity contribution in [1.29, 1.82) is 0 Å². The fourth-order valence-corrected chi connectivity index (χ4v) is 4.47. The molecule has 9 heteroatoms. The third kappa shape index (κ3) is 8.36. The molecule has 0 saturated carbocycles. The maximum absolute atomic E-state index is 12.7. The van der Waals surface area contributed by atoms with Gasteiger partial charge in [0.05, 0.1) is 12.4 Å². The monoisotopic (exact) mass is 478 g/mol. The minimum atomic E-state index is -0.298. The van der Waals surface area contributed by atoms with Crippen LogP contribution in [-0.2, 0) is 20.6 Å². The molecule has 0 amide bonds. The number of unbranched alkanes of at least 4 members (excludes halogenated alkanes) is 6. The van der Waals surface area contributed by atoms with Crippen molar-refractivity contribution >= 4 is 11.2 Å². The van der Waals surface area contributed by atoms with Crippen LogP contribution in [0.3, 0.4) is 0 Å². The summed E-state index contributed by atoms with van der Waals surface area (Å²) in [6.45, 7) is 9.78. The molecule has 0 saturated heterocycles. The quantitative estimate of drug-likeness (QED) is 0.319. The maximum atomic E-state index is 12.7. The van der Waals surface area contributed by atoms with Gasteiger partial charge in [-0.2, -0.15) is 0 Å².